The number of halogens is 2. The Morgan fingerprint density at radius 1 is 1.38 bits per heavy atom. The molecule has 0 aliphatic carbocycles. The first-order valence-corrected chi connectivity index (χ1v) is 11.1. The van der Waals surface area contributed by atoms with Gasteiger partial charge >= 0.3 is 0 Å². The fourth-order valence-electron chi connectivity index (χ4n) is 3.85. The zero-order chi connectivity index (χ0) is 23.3. The van der Waals surface area contributed by atoms with E-state index < -0.39 is 17.8 Å². The first-order valence-electron chi connectivity index (χ1n) is 10.7. The van der Waals surface area contributed by atoms with Gasteiger partial charge in [-0.2, -0.15) is 4.39 Å². The molecule has 1 fully saturated rings. The number of likely N-dealkylation sites (tertiary alicyclic amines) is 1. The predicted molar refractivity (Wildman–Crippen MR) is 123 cm³/mol. The number of rotatable bonds is 9. The molecule has 0 spiro atoms. The van der Waals surface area contributed by atoms with Crippen molar-refractivity contribution in [2.45, 2.75) is 39.0 Å². The summed E-state index contributed by atoms with van der Waals surface area (Å²) >= 11 is 5.97. The van der Waals surface area contributed by atoms with Gasteiger partial charge in [0.15, 0.2) is 11.6 Å². The molecule has 1 unspecified atom stereocenters. The maximum atomic E-state index is 15.3. The highest BCUT2D eigenvalue weighted by Crippen LogP contribution is 2.26. The average molecular weight is 465 g/mol. The van der Waals surface area contributed by atoms with Crippen molar-refractivity contribution in [1.82, 2.24) is 14.9 Å². The van der Waals surface area contributed by atoms with Crippen LogP contribution in [0.3, 0.4) is 0 Å². The van der Waals surface area contributed by atoms with Crippen molar-refractivity contribution in [3.63, 3.8) is 0 Å². The summed E-state index contributed by atoms with van der Waals surface area (Å²) in [6.45, 7) is 5.90. The molecule has 1 aliphatic rings. The number of nitrogens with one attached hydrogen (secondary N) is 1. The zero-order valence-electron chi connectivity index (χ0n) is 18.3. The highest BCUT2D eigenvalue weighted by atomic mass is 35.5. The van der Waals surface area contributed by atoms with Gasteiger partial charge in [0, 0.05) is 36.6 Å². The van der Waals surface area contributed by atoms with Gasteiger partial charge in [0.25, 0.3) is 0 Å². The van der Waals surface area contributed by atoms with Crippen LogP contribution in [0, 0.1) is 11.7 Å². The van der Waals surface area contributed by atoms with Gasteiger partial charge in [0.2, 0.25) is 11.7 Å². The number of amides is 1. The van der Waals surface area contributed by atoms with Gasteiger partial charge in [-0.1, -0.05) is 23.7 Å². The van der Waals surface area contributed by atoms with Crippen LogP contribution >= 0.6 is 11.6 Å². The second kappa shape index (κ2) is 10.9. The Balaban J connectivity index is 1.67. The first-order chi connectivity index (χ1) is 15.2. The fourth-order valence-corrected chi connectivity index (χ4v) is 3.97. The summed E-state index contributed by atoms with van der Waals surface area (Å²) < 4.78 is 15.3. The van der Waals surface area contributed by atoms with E-state index in [1.54, 1.807) is 12.1 Å². The normalized spacial score (nSPS) is 19.2. The summed E-state index contributed by atoms with van der Waals surface area (Å²) in [7, 11) is 0. The number of piperidine rings is 1. The Morgan fingerprint density at radius 2 is 2.09 bits per heavy atom. The summed E-state index contributed by atoms with van der Waals surface area (Å²) in [5.41, 5.74) is 6.22. The number of β-amino-alcohol motifs (C(OH)–C–C–N with tert-alkyl or cyclic N) is 1. The summed E-state index contributed by atoms with van der Waals surface area (Å²) in [6.07, 6.45) is 1.36. The Bertz CT molecular complexity index is 914. The molecule has 0 radical (unpaired) electrons. The standard InChI is InChI=1S/C22H30ClFN6O2/c1-14(2)30(10-15-3-5-17(23)6-4-15)22-20(24)21(27-13-28-22)26-9-16-7-8-29(11-18(16)31)12-19(25)32/h3-6,13-14,16,18,31H,7-12H2,1-2H3,(H2,25,32)(H,26,27,28)/t16?,18-/m1/s1. The van der Waals surface area contributed by atoms with Gasteiger partial charge in [-0.3, -0.25) is 9.69 Å². The van der Waals surface area contributed by atoms with E-state index in [1.807, 2.05) is 35.8 Å². The predicted octanol–water partition coefficient (Wildman–Crippen LogP) is 2.26. The highest BCUT2D eigenvalue weighted by molar-refractivity contribution is 6.30. The van der Waals surface area contributed by atoms with Gasteiger partial charge in [0.05, 0.1) is 12.6 Å². The number of nitrogens with two attached hydrogens (primary N) is 1. The number of hydrogen-bond acceptors (Lipinski definition) is 7. The van der Waals surface area contributed by atoms with E-state index in [4.69, 9.17) is 17.3 Å². The SMILES string of the molecule is CC(C)N(Cc1ccc(Cl)cc1)c1ncnc(NCC2CCN(CC(N)=O)C[C@H]2O)c1F. The van der Waals surface area contributed by atoms with Crippen molar-refractivity contribution in [3.8, 4) is 0 Å². The fraction of sp³-hybridized carbons (Fsp3) is 0.500. The molecule has 1 saturated heterocycles. The minimum Gasteiger partial charge on any atom is -0.391 e. The molecule has 1 aliphatic heterocycles. The number of aliphatic hydroxyl groups is 1. The number of primary amides is 1. The van der Waals surface area contributed by atoms with Gasteiger partial charge in [-0.15, -0.1) is 0 Å². The van der Waals surface area contributed by atoms with Crippen LogP contribution in [0.2, 0.25) is 5.02 Å². The van der Waals surface area contributed by atoms with Gasteiger partial charge in [-0.25, -0.2) is 9.97 Å². The molecule has 8 nitrogen and oxygen atoms in total. The maximum absolute atomic E-state index is 15.3. The molecule has 2 atom stereocenters. The topological polar surface area (TPSA) is 108 Å². The van der Waals surface area contributed by atoms with Crippen LogP contribution in [-0.2, 0) is 11.3 Å². The Kier molecular flexibility index (Phi) is 8.22. The Hall–Kier alpha value is -2.49. The highest BCUT2D eigenvalue weighted by Gasteiger charge is 2.29. The maximum Gasteiger partial charge on any atom is 0.231 e. The quantitative estimate of drug-likeness (QED) is 0.522. The van der Waals surface area contributed by atoms with E-state index in [2.05, 4.69) is 15.3 Å². The molecule has 174 valence electrons. The minimum atomic E-state index is -0.642. The van der Waals surface area contributed by atoms with Crippen molar-refractivity contribution in [3.05, 3.63) is 47.0 Å². The largest absolute Gasteiger partial charge is 0.391 e. The van der Waals surface area contributed by atoms with E-state index in [1.165, 1.54) is 6.33 Å². The van der Waals surface area contributed by atoms with Crippen LogP contribution in [0.5, 0.6) is 0 Å². The van der Waals surface area contributed by atoms with Crippen LogP contribution in [0.25, 0.3) is 0 Å². The number of anilines is 2. The first kappa shape index (κ1) is 24.2. The zero-order valence-corrected chi connectivity index (χ0v) is 19.1. The number of aromatic nitrogens is 2. The van der Waals surface area contributed by atoms with Crippen LogP contribution in [0.1, 0.15) is 25.8 Å². The molecule has 1 aromatic heterocycles. The second-order valence-corrected chi connectivity index (χ2v) is 8.84. The van der Waals surface area contributed by atoms with Crippen molar-refractivity contribution < 1.29 is 14.3 Å². The Labute approximate surface area is 192 Å². The number of nitrogens with zero attached hydrogens (tertiary/aromatic N) is 4. The smallest absolute Gasteiger partial charge is 0.231 e. The lowest BCUT2D eigenvalue weighted by molar-refractivity contribution is -0.120. The monoisotopic (exact) mass is 464 g/mol. The molecule has 1 aromatic carbocycles. The van der Waals surface area contributed by atoms with E-state index in [9.17, 15) is 9.90 Å². The summed E-state index contributed by atoms with van der Waals surface area (Å²) in [6, 6.07) is 7.42. The molecular formula is C22H30ClFN6O2. The van der Waals surface area contributed by atoms with E-state index in [0.717, 1.165) is 5.56 Å². The Morgan fingerprint density at radius 3 is 2.72 bits per heavy atom. The van der Waals surface area contributed by atoms with Crippen LogP contribution in [-0.4, -0.2) is 64.2 Å². The molecular weight excluding hydrogens is 435 g/mol. The van der Waals surface area contributed by atoms with Crippen molar-refractivity contribution in [2.75, 3.05) is 36.4 Å². The number of benzene rings is 1. The molecule has 4 N–H and O–H groups in total. The summed E-state index contributed by atoms with van der Waals surface area (Å²) in [4.78, 5) is 23.0. The van der Waals surface area contributed by atoms with Crippen LogP contribution < -0.4 is 16.0 Å². The van der Waals surface area contributed by atoms with Crippen molar-refractivity contribution in [1.29, 1.82) is 0 Å². The van der Waals surface area contributed by atoms with Gasteiger partial charge in [-0.05, 0) is 44.5 Å². The van der Waals surface area contributed by atoms with Gasteiger partial charge < -0.3 is 21.1 Å². The second-order valence-electron chi connectivity index (χ2n) is 8.41. The summed E-state index contributed by atoms with van der Waals surface area (Å²) in [5.74, 6) is -0.728. The third kappa shape index (κ3) is 6.27. The summed E-state index contributed by atoms with van der Waals surface area (Å²) in [5, 5.41) is 14.1. The van der Waals surface area contributed by atoms with E-state index in [0.29, 0.717) is 37.6 Å². The average Bonchev–Trinajstić information content (AvgIpc) is 2.73. The molecule has 2 aromatic rings. The lowest BCUT2D eigenvalue weighted by Crippen LogP contribution is -2.48. The molecule has 1 amide bonds. The number of hydrogen-bond donors (Lipinski definition) is 3. The van der Waals surface area contributed by atoms with Gasteiger partial charge in [0.1, 0.15) is 6.33 Å². The number of aliphatic hydroxyl groups excluding tert-OH is 1. The molecule has 10 heteroatoms. The van der Waals surface area contributed by atoms with Crippen LogP contribution in [0.4, 0.5) is 16.0 Å². The third-order valence-corrected chi connectivity index (χ3v) is 5.90. The van der Waals surface area contributed by atoms with Crippen molar-refractivity contribution in [2.24, 2.45) is 11.7 Å². The molecule has 3 rings (SSSR count). The van der Waals surface area contributed by atoms with Crippen molar-refractivity contribution >= 4 is 29.1 Å². The minimum absolute atomic E-state index is 0.000617. The number of carbonyl (C=O) groups excluding carboxylic acids is 1. The third-order valence-electron chi connectivity index (χ3n) is 5.65. The molecule has 2 heterocycles. The lowest BCUT2D eigenvalue weighted by Gasteiger charge is -2.35. The molecule has 0 saturated carbocycles. The molecule has 0 bridgehead atoms. The lowest BCUT2D eigenvalue weighted by atomic mass is 9.93. The van der Waals surface area contributed by atoms with E-state index in [-0.39, 0.29) is 30.1 Å². The molecule has 32 heavy (non-hydrogen) atoms. The number of carbonyl (C=O) groups is 1. The van der Waals surface area contributed by atoms with Crippen LogP contribution in [0.15, 0.2) is 30.6 Å². The van der Waals surface area contributed by atoms with E-state index >= 15 is 4.39 Å².